The van der Waals surface area contributed by atoms with Crippen molar-refractivity contribution in [3.05, 3.63) is 0 Å². The fourth-order valence-corrected chi connectivity index (χ4v) is 0.925. The van der Waals surface area contributed by atoms with Crippen LogP contribution in [-0.4, -0.2) is 23.7 Å². The van der Waals surface area contributed by atoms with Crippen molar-refractivity contribution in [2.24, 2.45) is 5.92 Å². The van der Waals surface area contributed by atoms with E-state index in [0.29, 0.717) is 18.9 Å². The van der Waals surface area contributed by atoms with Crippen molar-refractivity contribution in [2.45, 2.75) is 26.3 Å². The van der Waals surface area contributed by atoms with Crippen LogP contribution in [0.15, 0.2) is 0 Å². The van der Waals surface area contributed by atoms with E-state index in [0.717, 1.165) is 0 Å². The second-order valence-electron chi connectivity index (χ2n) is 3.11. The number of carboxylic acids is 1. The van der Waals surface area contributed by atoms with Crippen LogP contribution < -0.4 is 5.32 Å². The Morgan fingerprint density at radius 2 is 2.25 bits per heavy atom. The van der Waals surface area contributed by atoms with Crippen LogP contribution in [0.3, 0.4) is 0 Å². The zero-order chi connectivity index (χ0) is 9.56. The number of hydrogen-bond acceptors (Lipinski definition) is 2. The molecule has 0 bridgehead atoms. The van der Waals surface area contributed by atoms with E-state index in [1.165, 1.54) is 0 Å². The molecule has 0 spiro atoms. The number of rotatable bonds is 5. The molecule has 0 aromatic rings. The Balaban J connectivity index is 3.89. The van der Waals surface area contributed by atoms with Crippen LogP contribution >= 0.6 is 0 Å². The maximum absolute atomic E-state index is 10.6. The summed E-state index contributed by atoms with van der Waals surface area (Å²) in [4.78, 5) is 10.6. The molecule has 1 unspecified atom stereocenters. The van der Waals surface area contributed by atoms with Gasteiger partial charge >= 0.3 is 5.97 Å². The minimum atomic E-state index is -0.834. The number of nitrogens with one attached hydrogen (secondary N) is 1. The summed E-state index contributed by atoms with van der Waals surface area (Å²) in [6, 6.07) is -0.513. The molecule has 12 heavy (non-hydrogen) atoms. The highest BCUT2D eigenvalue weighted by Crippen LogP contribution is 2.04. The summed E-state index contributed by atoms with van der Waals surface area (Å²) >= 11 is 0. The van der Waals surface area contributed by atoms with Crippen LogP contribution in [0.2, 0.25) is 0 Å². The van der Waals surface area contributed by atoms with Crippen molar-refractivity contribution >= 4 is 5.97 Å². The first-order chi connectivity index (χ1) is 5.57. The highest BCUT2D eigenvalue weighted by molar-refractivity contribution is 5.73. The molecular formula is C9H15NO2. The van der Waals surface area contributed by atoms with Gasteiger partial charge < -0.3 is 5.11 Å². The average molecular weight is 169 g/mol. The van der Waals surface area contributed by atoms with E-state index in [-0.39, 0.29) is 0 Å². The lowest BCUT2D eigenvalue weighted by atomic mass is 10.0. The summed E-state index contributed by atoms with van der Waals surface area (Å²) in [5, 5.41) is 11.5. The number of carboxylic acid groups (broad SMARTS) is 1. The minimum absolute atomic E-state index is 0.309. The van der Waals surface area contributed by atoms with Crippen LogP contribution in [0.25, 0.3) is 0 Å². The Labute approximate surface area is 73.2 Å². The van der Waals surface area contributed by atoms with Crippen LogP contribution in [-0.2, 0) is 4.79 Å². The van der Waals surface area contributed by atoms with Crippen LogP contribution in [0, 0.1) is 18.3 Å². The van der Waals surface area contributed by atoms with Gasteiger partial charge in [0.1, 0.15) is 6.04 Å². The molecule has 3 nitrogen and oxygen atoms in total. The van der Waals surface area contributed by atoms with Gasteiger partial charge in [-0.3, -0.25) is 10.1 Å². The smallest absolute Gasteiger partial charge is 0.320 e. The molecule has 68 valence electrons. The molecule has 0 saturated carbocycles. The molecule has 1 atom stereocenters. The van der Waals surface area contributed by atoms with E-state index < -0.39 is 12.0 Å². The SMILES string of the molecule is C#CCNC(CC(C)C)C(=O)O. The highest BCUT2D eigenvalue weighted by atomic mass is 16.4. The summed E-state index contributed by atoms with van der Waals surface area (Å²) in [6.45, 7) is 4.27. The van der Waals surface area contributed by atoms with Crippen LogP contribution in [0.1, 0.15) is 20.3 Å². The molecule has 0 aliphatic heterocycles. The monoisotopic (exact) mass is 169 g/mol. The predicted molar refractivity (Wildman–Crippen MR) is 47.7 cm³/mol. The lowest BCUT2D eigenvalue weighted by molar-refractivity contribution is -0.139. The van der Waals surface area contributed by atoms with Gasteiger partial charge in [0.25, 0.3) is 0 Å². The second kappa shape index (κ2) is 5.62. The lowest BCUT2D eigenvalue weighted by Crippen LogP contribution is -2.37. The maximum Gasteiger partial charge on any atom is 0.320 e. The third-order valence-electron chi connectivity index (χ3n) is 1.46. The first-order valence-corrected chi connectivity index (χ1v) is 3.97. The molecular weight excluding hydrogens is 154 g/mol. The topological polar surface area (TPSA) is 49.3 Å². The standard InChI is InChI=1S/C9H15NO2/c1-4-5-10-8(9(11)12)6-7(2)3/h1,7-8,10H,5-6H2,2-3H3,(H,11,12). The number of terminal acetylenes is 1. The summed E-state index contributed by atoms with van der Waals surface area (Å²) in [6.07, 6.45) is 5.61. The summed E-state index contributed by atoms with van der Waals surface area (Å²) in [7, 11) is 0. The third kappa shape index (κ3) is 4.75. The number of aliphatic carboxylic acids is 1. The highest BCUT2D eigenvalue weighted by Gasteiger charge is 2.16. The van der Waals surface area contributed by atoms with E-state index in [9.17, 15) is 4.79 Å². The van der Waals surface area contributed by atoms with E-state index in [2.05, 4.69) is 11.2 Å². The zero-order valence-corrected chi connectivity index (χ0v) is 7.50. The Morgan fingerprint density at radius 1 is 1.67 bits per heavy atom. The van der Waals surface area contributed by atoms with Crippen LogP contribution in [0.4, 0.5) is 0 Å². The van der Waals surface area contributed by atoms with E-state index >= 15 is 0 Å². The van der Waals surface area contributed by atoms with Gasteiger partial charge in [0.05, 0.1) is 6.54 Å². The van der Waals surface area contributed by atoms with Gasteiger partial charge in [0, 0.05) is 0 Å². The third-order valence-corrected chi connectivity index (χ3v) is 1.46. The van der Waals surface area contributed by atoms with E-state index in [4.69, 9.17) is 11.5 Å². The van der Waals surface area contributed by atoms with E-state index in [1.54, 1.807) is 0 Å². The fourth-order valence-electron chi connectivity index (χ4n) is 0.925. The lowest BCUT2D eigenvalue weighted by Gasteiger charge is -2.14. The molecule has 3 heteroatoms. The van der Waals surface area contributed by atoms with Gasteiger partial charge in [-0.15, -0.1) is 6.42 Å². The first-order valence-electron chi connectivity index (χ1n) is 3.97. The summed E-state index contributed by atoms with van der Waals surface area (Å²) in [5.41, 5.74) is 0. The molecule has 0 amide bonds. The normalized spacial score (nSPS) is 12.5. The van der Waals surface area contributed by atoms with Crippen molar-refractivity contribution in [2.75, 3.05) is 6.54 Å². The molecule has 0 radical (unpaired) electrons. The zero-order valence-electron chi connectivity index (χ0n) is 7.50. The summed E-state index contributed by atoms with van der Waals surface area (Å²) < 4.78 is 0. The van der Waals surface area contributed by atoms with Crippen molar-refractivity contribution in [1.82, 2.24) is 5.32 Å². The molecule has 0 aromatic carbocycles. The fraction of sp³-hybridized carbons (Fsp3) is 0.667. The molecule has 0 fully saturated rings. The minimum Gasteiger partial charge on any atom is -0.480 e. The molecule has 0 aliphatic carbocycles. The Kier molecular flexibility index (Phi) is 5.14. The number of carbonyl (C=O) groups is 1. The predicted octanol–water partition coefficient (Wildman–Crippen LogP) is 0.709. The number of hydrogen-bond donors (Lipinski definition) is 2. The Hall–Kier alpha value is -1.01. The van der Waals surface area contributed by atoms with Crippen molar-refractivity contribution in [1.29, 1.82) is 0 Å². The van der Waals surface area contributed by atoms with Gasteiger partial charge in [0.2, 0.25) is 0 Å². The van der Waals surface area contributed by atoms with Gasteiger partial charge in [-0.05, 0) is 12.3 Å². The quantitative estimate of drug-likeness (QED) is 0.596. The van der Waals surface area contributed by atoms with Crippen molar-refractivity contribution < 1.29 is 9.90 Å². The maximum atomic E-state index is 10.6. The Morgan fingerprint density at radius 3 is 2.58 bits per heavy atom. The van der Waals surface area contributed by atoms with Gasteiger partial charge in [-0.2, -0.15) is 0 Å². The van der Waals surface area contributed by atoms with Gasteiger partial charge in [-0.25, -0.2) is 0 Å². The van der Waals surface area contributed by atoms with Crippen molar-refractivity contribution in [3.8, 4) is 12.3 Å². The largest absolute Gasteiger partial charge is 0.480 e. The van der Waals surface area contributed by atoms with Crippen LogP contribution in [0.5, 0.6) is 0 Å². The molecule has 0 aromatic heterocycles. The Bertz CT molecular complexity index is 181. The average Bonchev–Trinajstić information content (AvgIpc) is 1.96. The summed E-state index contributed by atoms with van der Waals surface area (Å²) in [5.74, 6) is 1.88. The second-order valence-corrected chi connectivity index (χ2v) is 3.11. The van der Waals surface area contributed by atoms with Gasteiger partial charge in [0.15, 0.2) is 0 Å². The van der Waals surface area contributed by atoms with Gasteiger partial charge in [-0.1, -0.05) is 19.8 Å². The molecule has 0 aliphatic rings. The molecule has 0 rings (SSSR count). The molecule has 0 saturated heterocycles. The first kappa shape index (κ1) is 11.0. The molecule has 0 heterocycles. The molecule has 2 N–H and O–H groups in total. The van der Waals surface area contributed by atoms with Crippen molar-refractivity contribution in [3.63, 3.8) is 0 Å². The van der Waals surface area contributed by atoms with E-state index in [1.807, 2.05) is 13.8 Å².